The molecule has 0 saturated heterocycles. The van der Waals surface area contributed by atoms with Gasteiger partial charge in [0.25, 0.3) is 0 Å². The lowest BCUT2D eigenvalue weighted by Gasteiger charge is -2.27. The molecular weight excluding hydrogens is 392 g/mol. The number of hydrogen-bond donors (Lipinski definition) is 1. The van der Waals surface area contributed by atoms with Crippen LogP contribution in [0.2, 0.25) is 0 Å². The Balaban J connectivity index is 1.68. The molecule has 3 aromatic rings. The van der Waals surface area contributed by atoms with E-state index in [9.17, 15) is 9.90 Å². The molecule has 0 fully saturated rings. The van der Waals surface area contributed by atoms with Crippen molar-refractivity contribution in [1.29, 1.82) is 0 Å². The summed E-state index contributed by atoms with van der Waals surface area (Å²) in [5.41, 5.74) is 0. The molecule has 8 heteroatoms. The average Bonchev–Trinajstić information content (AvgIpc) is 3.40. The number of aliphatic carboxylic acids is 1. The summed E-state index contributed by atoms with van der Waals surface area (Å²) in [6.07, 6.45) is 4.82. The van der Waals surface area contributed by atoms with Gasteiger partial charge < -0.3 is 18.4 Å². The van der Waals surface area contributed by atoms with Gasteiger partial charge >= 0.3 is 5.97 Å². The van der Waals surface area contributed by atoms with Gasteiger partial charge in [-0.05, 0) is 36.4 Å². The highest BCUT2D eigenvalue weighted by atomic mass is 32.2. The van der Waals surface area contributed by atoms with Crippen LogP contribution in [-0.4, -0.2) is 20.9 Å². The number of furan rings is 3. The third-order valence-corrected chi connectivity index (χ3v) is 8.12. The monoisotopic (exact) mass is 410 g/mol. The third-order valence-electron chi connectivity index (χ3n) is 3.50. The molecule has 3 heterocycles. The van der Waals surface area contributed by atoms with E-state index in [-0.39, 0.29) is 0 Å². The normalized spacial score (nSPS) is 11.7. The van der Waals surface area contributed by atoms with Crippen LogP contribution in [0.1, 0.15) is 17.3 Å². The smallest absolute Gasteiger partial charge is 0.330 e. The molecule has 0 spiro atoms. The highest BCUT2D eigenvalue weighted by Gasteiger charge is 2.40. The second-order valence-corrected chi connectivity index (χ2v) is 9.16. The topological polar surface area (TPSA) is 76.7 Å². The van der Waals surface area contributed by atoms with Crippen LogP contribution in [0.25, 0.3) is 0 Å². The molecule has 0 aromatic carbocycles. The molecule has 0 amide bonds. The number of thioether (sulfide) groups is 3. The molecule has 0 aliphatic heterocycles. The first kappa shape index (κ1) is 19.1. The number of carbonyl (C=O) groups is 1. The Morgan fingerprint density at radius 1 is 0.846 bits per heavy atom. The Hall–Kier alpha value is -1.64. The molecule has 0 bridgehead atoms. The van der Waals surface area contributed by atoms with Crippen molar-refractivity contribution in [3.8, 4) is 0 Å². The highest BCUT2D eigenvalue weighted by molar-refractivity contribution is 8.19. The van der Waals surface area contributed by atoms with Crippen LogP contribution in [-0.2, 0) is 22.1 Å². The van der Waals surface area contributed by atoms with Crippen molar-refractivity contribution in [1.82, 2.24) is 0 Å². The van der Waals surface area contributed by atoms with Gasteiger partial charge in [-0.3, -0.25) is 0 Å². The van der Waals surface area contributed by atoms with Gasteiger partial charge in [0.1, 0.15) is 17.3 Å². The van der Waals surface area contributed by atoms with Crippen molar-refractivity contribution in [2.45, 2.75) is 21.3 Å². The van der Waals surface area contributed by atoms with Crippen molar-refractivity contribution >= 4 is 41.3 Å². The molecule has 0 radical (unpaired) electrons. The summed E-state index contributed by atoms with van der Waals surface area (Å²) >= 11 is 4.28. The van der Waals surface area contributed by atoms with Crippen molar-refractivity contribution in [2.75, 3.05) is 5.75 Å². The van der Waals surface area contributed by atoms with Crippen LogP contribution in [0.15, 0.2) is 68.4 Å². The largest absolute Gasteiger partial charge is 0.480 e. The van der Waals surface area contributed by atoms with E-state index >= 15 is 0 Å². The van der Waals surface area contributed by atoms with Crippen molar-refractivity contribution in [3.05, 3.63) is 72.5 Å². The Labute approximate surface area is 163 Å². The minimum absolute atomic E-state index is 0.430. The maximum Gasteiger partial charge on any atom is 0.330 e. The van der Waals surface area contributed by atoms with Gasteiger partial charge in [-0.15, -0.1) is 23.5 Å². The fourth-order valence-corrected chi connectivity index (χ4v) is 6.20. The predicted molar refractivity (Wildman–Crippen MR) is 105 cm³/mol. The summed E-state index contributed by atoms with van der Waals surface area (Å²) in [6.45, 7) is 0. The zero-order valence-electron chi connectivity index (χ0n) is 13.8. The second kappa shape index (κ2) is 9.34. The summed E-state index contributed by atoms with van der Waals surface area (Å²) in [4.78, 5) is 12.2. The molecule has 3 rings (SSSR count). The standard InChI is InChI=1S/C18H18O5S3/c19-17(20)18(25-11-15-5-2-8-22-15,26-12-16-6-3-9-23-16)13-24-10-14-4-1-7-21-14/h1-9H,10-13H2,(H,19,20). The van der Waals surface area contributed by atoms with Crippen molar-refractivity contribution in [2.24, 2.45) is 0 Å². The van der Waals surface area contributed by atoms with Gasteiger partial charge in [0.05, 0.1) is 36.0 Å². The maximum atomic E-state index is 12.2. The van der Waals surface area contributed by atoms with E-state index in [0.717, 1.165) is 17.3 Å². The number of hydrogen-bond acceptors (Lipinski definition) is 7. The first-order valence-corrected chi connectivity index (χ1v) is 11.0. The van der Waals surface area contributed by atoms with Crippen molar-refractivity contribution in [3.63, 3.8) is 0 Å². The van der Waals surface area contributed by atoms with Crippen LogP contribution in [0.5, 0.6) is 0 Å². The molecule has 0 unspecified atom stereocenters. The van der Waals surface area contributed by atoms with Gasteiger partial charge in [-0.25, -0.2) is 4.79 Å². The number of carboxylic acid groups (broad SMARTS) is 1. The molecule has 0 saturated carbocycles. The second-order valence-electron chi connectivity index (χ2n) is 5.37. The Morgan fingerprint density at radius 3 is 1.69 bits per heavy atom. The van der Waals surface area contributed by atoms with E-state index in [1.54, 1.807) is 42.7 Å². The summed E-state index contributed by atoms with van der Waals surface area (Å²) < 4.78 is 15.0. The van der Waals surface area contributed by atoms with Crippen LogP contribution >= 0.6 is 35.3 Å². The lowest BCUT2D eigenvalue weighted by atomic mass is 10.5. The molecule has 0 aliphatic carbocycles. The molecule has 0 atom stereocenters. The van der Waals surface area contributed by atoms with Gasteiger partial charge in [0.15, 0.2) is 4.08 Å². The van der Waals surface area contributed by atoms with Crippen LogP contribution in [0.3, 0.4) is 0 Å². The summed E-state index contributed by atoms with van der Waals surface area (Å²) in [6, 6.07) is 11.0. The van der Waals surface area contributed by atoms with Gasteiger partial charge in [0, 0.05) is 5.75 Å². The number of rotatable bonds is 11. The average molecular weight is 411 g/mol. The molecule has 3 aromatic heterocycles. The van der Waals surface area contributed by atoms with E-state index < -0.39 is 10.0 Å². The fourth-order valence-electron chi connectivity index (χ4n) is 2.16. The summed E-state index contributed by atoms with van der Waals surface area (Å²) in [5.74, 6) is 3.55. The fraction of sp³-hybridized carbons (Fsp3) is 0.278. The SMILES string of the molecule is O=C(O)C(CSCc1ccco1)(SCc1ccco1)SCc1ccco1. The van der Waals surface area contributed by atoms with Gasteiger partial charge in [-0.2, -0.15) is 11.8 Å². The van der Waals surface area contributed by atoms with E-state index in [1.807, 2.05) is 24.3 Å². The Bertz CT molecular complexity index is 728. The van der Waals surface area contributed by atoms with Crippen LogP contribution in [0, 0.1) is 0 Å². The minimum atomic E-state index is -1.02. The Kier molecular flexibility index (Phi) is 6.87. The molecule has 1 N–H and O–H groups in total. The molecule has 5 nitrogen and oxygen atoms in total. The Morgan fingerprint density at radius 2 is 1.31 bits per heavy atom. The lowest BCUT2D eigenvalue weighted by molar-refractivity contribution is -0.136. The van der Waals surface area contributed by atoms with E-state index in [2.05, 4.69) is 0 Å². The maximum absolute atomic E-state index is 12.2. The zero-order valence-corrected chi connectivity index (χ0v) is 16.3. The minimum Gasteiger partial charge on any atom is -0.480 e. The van der Waals surface area contributed by atoms with Crippen molar-refractivity contribution < 1.29 is 23.2 Å². The lowest BCUT2D eigenvalue weighted by Crippen LogP contribution is -2.34. The quantitative estimate of drug-likeness (QED) is 0.424. The third kappa shape index (κ3) is 5.18. The first-order valence-electron chi connectivity index (χ1n) is 7.84. The highest BCUT2D eigenvalue weighted by Crippen LogP contribution is 2.44. The van der Waals surface area contributed by atoms with E-state index in [1.165, 1.54) is 23.5 Å². The van der Waals surface area contributed by atoms with Gasteiger partial charge in [-0.1, -0.05) is 0 Å². The zero-order chi connectivity index (χ0) is 18.2. The number of carboxylic acids is 1. The van der Waals surface area contributed by atoms with Crippen LogP contribution < -0.4 is 0 Å². The summed E-state index contributed by atoms with van der Waals surface area (Å²) in [5, 5.41) is 10.00. The molecular formula is C18H18O5S3. The van der Waals surface area contributed by atoms with Crippen LogP contribution in [0.4, 0.5) is 0 Å². The predicted octanol–water partition coefficient (Wildman–Crippen LogP) is 5.35. The first-order chi connectivity index (χ1) is 12.7. The molecule has 138 valence electrons. The molecule has 26 heavy (non-hydrogen) atoms. The summed E-state index contributed by atoms with van der Waals surface area (Å²) in [7, 11) is 0. The van der Waals surface area contributed by atoms with E-state index in [0.29, 0.717) is 23.0 Å². The van der Waals surface area contributed by atoms with Gasteiger partial charge in [0.2, 0.25) is 0 Å². The molecule has 0 aliphatic rings. The van der Waals surface area contributed by atoms with E-state index in [4.69, 9.17) is 13.3 Å².